The van der Waals surface area contributed by atoms with E-state index in [9.17, 15) is 9.59 Å². The van der Waals surface area contributed by atoms with E-state index in [2.05, 4.69) is 9.84 Å². The SMILES string of the molecule is COC(=O)C1CC(c2ccnn2C)CCC1=O. The molecule has 0 aromatic carbocycles. The van der Waals surface area contributed by atoms with Gasteiger partial charge in [0.25, 0.3) is 0 Å². The van der Waals surface area contributed by atoms with Gasteiger partial charge in [-0.25, -0.2) is 0 Å². The quantitative estimate of drug-likeness (QED) is 0.568. The number of ketones is 1. The number of rotatable bonds is 2. The Morgan fingerprint density at radius 1 is 1.59 bits per heavy atom. The Bertz CT molecular complexity index is 431. The van der Waals surface area contributed by atoms with Crippen LogP contribution in [0.1, 0.15) is 30.9 Å². The smallest absolute Gasteiger partial charge is 0.316 e. The number of hydrogen-bond acceptors (Lipinski definition) is 4. The monoisotopic (exact) mass is 236 g/mol. The van der Waals surface area contributed by atoms with Gasteiger partial charge in [-0.1, -0.05) is 0 Å². The van der Waals surface area contributed by atoms with Gasteiger partial charge in [0, 0.05) is 31.3 Å². The van der Waals surface area contributed by atoms with Crippen LogP contribution in [0.4, 0.5) is 0 Å². The number of Topliss-reactive ketones (excluding diaryl/α,β-unsaturated/α-hetero) is 1. The van der Waals surface area contributed by atoms with Gasteiger partial charge in [0.05, 0.1) is 7.11 Å². The molecule has 0 saturated heterocycles. The van der Waals surface area contributed by atoms with Crippen molar-refractivity contribution in [2.45, 2.75) is 25.2 Å². The minimum absolute atomic E-state index is 0.00438. The molecule has 1 saturated carbocycles. The highest BCUT2D eigenvalue weighted by atomic mass is 16.5. The van der Waals surface area contributed by atoms with Gasteiger partial charge in [-0.05, 0) is 18.9 Å². The normalized spacial score (nSPS) is 24.7. The maximum atomic E-state index is 11.7. The number of aromatic nitrogens is 2. The third kappa shape index (κ3) is 2.23. The molecule has 1 fully saturated rings. The van der Waals surface area contributed by atoms with Crippen LogP contribution < -0.4 is 0 Å². The van der Waals surface area contributed by atoms with Crippen LogP contribution in [0.5, 0.6) is 0 Å². The number of carbonyl (C=O) groups is 2. The third-order valence-corrected chi connectivity index (χ3v) is 3.41. The molecule has 2 unspecified atom stereocenters. The fourth-order valence-corrected chi connectivity index (χ4v) is 2.45. The predicted molar refractivity (Wildman–Crippen MR) is 60.3 cm³/mol. The minimum Gasteiger partial charge on any atom is -0.468 e. The first-order valence-corrected chi connectivity index (χ1v) is 5.72. The Labute approximate surface area is 99.8 Å². The van der Waals surface area contributed by atoms with Gasteiger partial charge in [-0.3, -0.25) is 14.3 Å². The van der Waals surface area contributed by atoms with E-state index in [0.29, 0.717) is 12.8 Å². The summed E-state index contributed by atoms with van der Waals surface area (Å²) in [6.07, 6.45) is 3.49. The molecule has 17 heavy (non-hydrogen) atoms. The van der Waals surface area contributed by atoms with Gasteiger partial charge in [-0.2, -0.15) is 5.10 Å². The average molecular weight is 236 g/mol. The Hall–Kier alpha value is -1.65. The lowest BCUT2D eigenvalue weighted by molar-refractivity contribution is -0.150. The van der Waals surface area contributed by atoms with E-state index < -0.39 is 11.9 Å². The lowest BCUT2D eigenvalue weighted by Gasteiger charge is -2.26. The summed E-state index contributed by atoms with van der Waals surface area (Å²) in [7, 11) is 3.20. The van der Waals surface area contributed by atoms with Gasteiger partial charge in [0.1, 0.15) is 11.7 Å². The molecule has 0 bridgehead atoms. The Morgan fingerprint density at radius 2 is 2.35 bits per heavy atom. The zero-order valence-corrected chi connectivity index (χ0v) is 10.0. The maximum Gasteiger partial charge on any atom is 0.316 e. The number of hydrogen-bond donors (Lipinski definition) is 0. The first-order chi connectivity index (χ1) is 8.13. The Balaban J connectivity index is 2.16. The largest absolute Gasteiger partial charge is 0.468 e. The Kier molecular flexibility index (Phi) is 3.26. The van der Waals surface area contributed by atoms with Crippen LogP contribution >= 0.6 is 0 Å². The molecule has 0 N–H and O–H groups in total. The number of ether oxygens (including phenoxy) is 1. The fourth-order valence-electron chi connectivity index (χ4n) is 2.45. The summed E-state index contributed by atoms with van der Waals surface area (Å²) in [4.78, 5) is 23.2. The highest BCUT2D eigenvalue weighted by Gasteiger charge is 2.35. The van der Waals surface area contributed by atoms with Gasteiger partial charge in [0.2, 0.25) is 0 Å². The van der Waals surface area contributed by atoms with Crippen molar-refractivity contribution in [3.8, 4) is 0 Å². The van der Waals surface area contributed by atoms with Crippen molar-refractivity contribution in [1.82, 2.24) is 9.78 Å². The van der Waals surface area contributed by atoms with Gasteiger partial charge in [0.15, 0.2) is 0 Å². The summed E-state index contributed by atoms with van der Waals surface area (Å²) in [6.45, 7) is 0. The molecule has 5 nitrogen and oxygen atoms in total. The van der Waals surface area contributed by atoms with E-state index in [1.54, 1.807) is 10.9 Å². The van der Waals surface area contributed by atoms with Gasteiger partial charge >= 0.3 is 5.97 Å². The van der Waals surface area contributed by atoms with Crippen molar-refractivity contribution in [3.63, 3.8) is 0 Å². The molecule has 1 aliphatic carbocycles. The third-order valence-electron chi connectivity index (χ3n) is 3.41. The van der Waals surface area contributed by atoms with E-state index in [1.165, 1.54) is 7.11 Å². The second-order valence-corrected chi connectivity index (χ2v) is 4.39. The van der Waals surface area contributed by atoms with Crippen LogP contribution in [0.15, 0.2) is 12.3 Å². The molecule has 0 amide bonds. The zero-order chi connectivity index (χ0) is 12.4. The second-order valence-electron chi connectivity index (χ2n) is 4.39. The maximum absolute atomic E-state index is 11.7. The summed E-state index contributed by atoms with van der Waals surface area (Å²) in [5, 5.41) is 4.12. The molecule has 1 heterocycles. The van der Waals surface area contributed by atoms with E-state index in [1.807, 2.05) is 13.1 Å². The van der Waals surface area contributed by atoms with Crippen LogP contribution in [-0.2, 0) is 21.4 Å². The number of aryl methyl sites for hydroxylation is 1. The number of carbonyl (C=O) groups excluding carboxylic acids is 2. The Morgan fingerprint density at radius 3 is 2.94 bits per heavy atom. The van der Waals surface area contributed by atoms with Crippen LogP contribution in [0.2, 0.25) is 0 Å². The van der Waals surface area contributed by atoms with Crippen LogP contribution in [-0.4, -0.2) is 28.6 Å². The van der Waals surface area contributed by atoms with E-state index in [0.717, 1.165) is 12.1 Å². The number of methoxy groups -OCH3 is 1. The molecular formula is C12H16N2O3. The van der Waals surface area contributed by atoms with Crippen molar-refractivity contribution in [3.05, 3.63) is 18.0 Å². The zero-order valence-electron chi connectivity index (χ0n) is 10.0. The van der Waals surface area contributed by atoms with Crippen molar-refractivity contribution >= 4 is 11.8 Å². The van der Waals surface area contributed by atoms with Crippen molar-refractivity contribution in [2.75, 3.05) is 7.11 Å². The van der Waals surface area contributed by atoms with Crippen LogP contribution in [0, 0.1) is 5.92 Å². The number of esters is 1. The standard InChI is InChI=1S/C12H16N2O3/c1-14-10(5-6-13-14)8-3-4-11(15)9(7-8)12(16)17-2/h5-6,8-9H,3-4,7H2,1-2H3. The molecule has 0 aliphatic heterocycles. The van der Waals surface area contributed by atoms with E-state index >= 15 is 0 Å². The summed E-state index contributed by atoms with van der Waals surface area (Å²) < 4.78 is 6.47. The lowest BCUT2D eigenvalue weighted by atomic mass is 9.79. The predicted octanol–water partition coefficient (Wildman–Crippen LogP) is 1.05. The summed E-state index contributed by atoms with van der Waals surface area (Å²) in [5.41, 5.74) is 1.08. The molecule has 92 valence electrons. The molecule has 1 aliphatic rings. The molecule has 2 atom stereocenters. The van der Waals surface area contributed by atoms with Gasteiger partial charge < -0.3 is 4.74 Å². The molecule has 1 aromatic rings. The minimum atomic E-state index is -0.603. The molecule has 2 rings (SSSR count). The summed E-state index contributed by atoms with van der Waals surface area (Å²) in [5.74, 6) is -0.810. The molecule has 5 heteroatoms. The molecule has 1 aromatic heterocycles. The molecule has 0 spiro atoms. The van der Waals surface area contributed by atoms with E-state index in [4.69, 9.17) is 0 Å². The lowest BCUT2D eigenvalue weighted by Crippen LogP contribution is -2.31. The topological polar surface area (TPSA) is 61.2 Å². The summed E-state index contributed by atoms with van der Waals surface area (Å²) in [6, 6.07) is 1.94. The van der Waals surface area contributed by atoms with Crippen molar-refractivity contribution < 1.29 is 14.3 Å². The van der Waals surface area contributed by atoms with Crippen molar-refractivity contribution in [2.24, 2.45) is 13.0 Å². The fraction of sp³-hybridized carbons (Fsp3) is 0.583. The van der Waals surface area contributed by atoms with Crippen molar-refractivity contribution in [1.29, 1.82) is 0 Å². The first kappa shape index (κ1) is 11.8. The van der Waals surface area contributed by atoms with E-state index in [-0.39, 0.29) is 11.7 Å². The highest BCUT2D eigenvalue weighted by Crippen LogP contribution is 2.34. The van der Waals surface area contributed by atoms with Crippen LogP contribution in [0.3, 0.4) is 0 Å². The molecular weight excluding hydrogens is 220 g/mol. The first-order valence-electron chi connectivity index (χ1n) is 5.72. The highest BCUT2D eigenvalue weighted by molar-refractivity contribution is 5.99. The average Bonchev–Trinajstić information content (AvgIpc) is 2.75. The van der Waals surface area contributed by atoms with Gasteiger partial charge in [-0.15, -0.1) is 0 Å². The van der Waals surface area contributed by atoms with Crippen LogP contribution in [0.25, 0.3) is 0 Å². The second kappa shape index (κ2) is 4.69. The summed E-state index contributed by atoms with van der Waals surface area (Å²) >= 11 is 0. The number of nitrogens with zero attached hydrogens (tertiary/aromatic N) is 2. The molecule has 0 radical (unpaired) electrons.